The Hall–Kier alpha value is -4.31. The molecule has 0 saturated heterocycles. The molecular weight excluding hydrogens is 489 g/mol. The molecule has 1 aliphatic rings. The summed E-state index contributed by atoms with van der Waals surface area (Å²) in [5.41, 5.74) is 8.02. The number of hydrogen-bond donors (Lipinski definition) is 1. The van der Waals surface area contributed by atoms with Crippen molar-refractivity contribution in [2.24, 2.45) is 0 Å². The average molecular weight is 520 g/mol. The Kier molecular flexibility index (Phi) is 7.44. The van der Waals surface area contributed by atoms with Gasteiger partial charge in [-0.1, -0.05) is 157 Å². The van der Waals surface area contributed by atoms with Gasteiger partial charge in [0.25, 0.3) is 0 Å². The third-order valence-electron chi connectivity index (χ3n) is 7.57. The van der Waals surface area contributed by atoms with E-state index in [4.69, 9.17) is 0 Å². The summed E-state index contributed by atoms with van der Waals surface area (Å²) in [4.78, 5) is 2.71. The lowest BCUT2D eigenvalue weighted by atomic mass is 9.13. The third kappa shape index (κ3) is 5.07. The van der Waals surface area contributed by atoms with E-state index in [0.717, 1.165) is 0 Å². The summed E-state index contributed by atoms with van der Waals surface area (Å²) in [7, 11) is 0. The number of nitrogens with two attached hydrogens (primary N) is 1. The highest BCUT2D eigenvalue weighted by atomic mass is 32.2. The van der Waals surface area contributed by atoms with Gasteiger partial charge in [0.1, 0.15) is 17.5 Å². The summed E-state index contributed by atoms with van der Waals surface area (Å²) in [5.74, 6) is 0. The molecule has 0 saturated carbocycles. The van der Waals surface area contributed by atoms with Gasteiger partial charge in [-0.15, -0.1) is 0 Å². The Bertz CT molecular complexity index is 1390. The van der Waals surface area contributed by atoms with Crippen LogP contribution in [0, 0.1) is 0 Å². The normalized spacial score (nSPS) is 11.9. The predicted molar refractivity (Wildman–Crippen MR) is 168 cm³/mol. The molecular formula is C36H30BNS. The highest BCUT2D eigenvalue weighted by Crippen LogP contribution is 2.38. The molecule has 0 spiro atoms. The van der Waals surface area contributed by atoms with Crippen LogP contribution < -0.4 is 27.2 Å². The van der Waals surface area contributed by atoms with Gasteiger partial charge in [-0.3, -0.25) is 5.32 Å². The van der Waals surface area contributed by atoms with Crippen molar-refractivity contribution in [3.05, 3.63) is 170 Å². The maximum atomic E-state index is 2.26. The van der Waals surface area contributed by atoms with Gasteiger partial charge < -0.3 is 0 Å². The maximum Gasteiger partial charge on any atom is 0.148 e. The van der Waals surface area contributed by atoms with Crippen molar-refractivity contribution in [3.8, 4) is 0 Å². The first-order valence-electron chi connectivity index (χ1n) is 13.4. The standard InChI is InChI=1S/C24H20B.C12H9NS/c1-5-13-21(14-6-1)25(22-15-7-2-8-16-22,23-17-9-3-10-18-23)24-19-11-4-12-20-24;1-3-7-11-9(5-1)13-10-6-2-4-8-12(10)14-11/h1-20H;1-8,13H/q-1;/p+1. The second kappa shape index (κ2) is 11.6. The predicted octanol–water partition coefficient (Wildman–Crippen LogP) is 5.74. The van der Waals surface area contributed by atoms with Crippen LogP contribution in [0.15, 0.2) is 180 Å². The fraction of sp³-hybridized carbons (Fsp3) is 0. The number of benzene rings is 6. The summed E-state index contributed by atoms with van der Waals surface area (Å²) in [5, 5.41) is 2.25. The van der Waals surface area contributed by atoms with Crippen LogP contribution in [0.1, 0.15) is 0 Å². The molecule has 0 aromatic heterocycles. The van der Waals surface area contributed by atoms with Gasteiger partial charge in [0.05, 0.1) is 9.79 Å². The van der Waals surface area contributed by atoms with Crippen LogP contribution in [0.5, 0.6) is 0 Å². The van der Waals surface area contributed by atoms with E-state index in [9.17, 15) is 0 Å². The molecule has 188 valence electrons. The molecule has 0 bridgehead atoms. The second-order valence-corrected chi connectivity index (χ2v) is 10.9. The Balaban J connectivity index is 0.000000166. The van der Waals surface area contributed by atoms with E-state index in [1.807, 2.05) is 11.8 Å². The summed E-state index contributed by atoms with van der Waals surface area (Å²) in [6, 6.07) is 60.6. The minimum absolute atomic E-state index is 1.22. The molecule has 6 aromatic rings. The van der Waals surface area contributed by atoms with Crippen LogP contribution in [0.4, 0.5) is 11.4 Å². The minimum atomic E-state index is -1.22. The fourth-order valence-corrected chi connectivity index (χ4v) is 6.81. The molecule has 0 amide bonds. The molecule has 0 aliphatic carbocycles. The molecule has 6 aromatic carbocycles. The molecule has 39 heavy (non-hydrogen) atoms. The summed E-state index contributed by atoms with van der Waals surface area (Å²) < 4.78 is 0. The highest BCUT2D eigenvalue weighted by molar-refractivity contribution is 7.99. The van der Waals surface area contributed by atoms with Gasteiger partial charge in [-0.25, -0.2) is 0 Å². The van der Waals surface area contributed by atoms with Crippen LogP contribution >= 0.6 is 11.8 Å². The lowest BCUT2D eigenvalue weighted by Crippen LogP contribution is -2.74. The maximum absolute atomic E-state index is 2.26. The van der Waals surface area contributed by atoms with Gasteiger partial charge in [-0.2, -0.15) is 21.9 Å². The van der Waals surface area contributed by atoms with Crippen molar-refractivity contribution in [1.29, 1.82) is 0 Å². The SMILES string of the molecule is c1ccc([B-](c2ccccc2)(c2ccccc2)c2ccccc2)cc1.c1ccc2c(c1)[NH2+]c1ccccc1S2. The smallest absolute Gasteiger partial charge is 0.148 e. The Morgan fingerprint density at radius 2 is 0.615 bits per heavy atom. The lowest BCUT2D eigenvalue weighted by Gasteiger charge is -2.44. The van der Waals surface area contributed by atoms with Crippen LogP contribution in [-0.4, -0.2) is 6.15 Å². The zero-order valence-corrected chi connectivity index (χ0v) is 22.5. The minimum Gasteiger partial charge on any atom is -0.280 e. The largest absolute Gasteiger partial charge is 0.280 e. The molecule has 0 fully saturated rings. The quantitative estimate of drug-likeness (QED) is 0.232. The van der Waals surface area contributed by atoms with Crippen LogP contribution in [0.2, 0.25) is 0 Å². The van der Waals surface area contributed by atoms with Gasteiger partial charge in [0, 0.05) is 12.1 Å². The number of fused-ring (bicyclic) bond motifs is 2. The fourth-order valence-electron chi connectivity index (χ4n) is 5.79. The van der Waals surface area contributed by atoms with Crippen molar-refractivity contribution in [2.45, 2.75) is 9.79 Å². The van der Waals surface area contributed by atoms with Crippen molar-refractivity contribution in [3.63, 3.8) is 0 Å². The molecule has 0 radical (unpaired) electrons. The average Bonchev–Trinajstić information content (AvgIpc) is 3.03. The van der Waals surface area contributed by atoms with E-state index >= 15 is 0 Å². The van der Waals surface area contributed by atoms with Gasteiger partial charge in [0.15, 0.2) is 0 Å². The van der Waals surface area contributed by atoms with E-state index < -0.39 is 6.15 Å². The highest BCUT2D eigenvalue weighted by Gasteiger charge is 2.31. The lowest BCUT2D eigenvalue weighted by molar-refractivity contribution is -0.485. The third-order valence-corrected chi connectivity index (χ3v) is 8.75. The van der Waals surface area contributed by atoms with Crippen molar-refractivity contribution >= 4 is 51.1 Å². The van der Waals surface area contributed by atoms with E-state index in [2.05, 4.69) is 175 Å². The summed E-state index contributed by atoms with van der Waals surface area (Å²) >= 11 is 1.85. The zero-order chi connectivity index (χ0) is 26.3. The van der Waals surface area contributed by atoms with Crippen LogP contribution in [0.25, 0.3) is 0 Å². The van der Waals surface area contributed by atoms with E-state index in [0.29, 0.717) is 0 Å². The van der Waals surface area contributed by atoms with Crippen molar-refractivity contribution in [1.82, 2.24) is 0 Å². The van der Waals surface area contributed by atoms with Gasteiger partial charge in [0.2, 0.25) is 0 Å². The molecule has 0 unspecified atom stereocenters. The number of quaternary nitrogens is 1. The molecule has 2 N–H and O–H groups in total. The Morgan fingerprint density at radius 1 is 0.333 bits per heavy atom. The molecule has 3 heteroatoms. The van der Waals surface area contributed by atoms with Gasteiger partial charge in [-0.05, 0) is 12.1 Å². The number of hydrogen-bond acceptors (Lipinski definition) is 1. The van der Waals surface area contributed by atoms with Crippen molar-refractivity contribution in [2.75, 3.05) is 0 Å². The zero-order valence-electron chi connectivity index (χ0n) is 21.7. The van der Waals surface area contributed by atoms with Crippen LogP contribution in [0.3, 0.4) is 0 Å². The van der Waals surface area contributed by atoms with E-state index in [1.165, 1.54) is 43.0 Å². The molecule has 1 nitrogen and oxygen atoms in total. The number of rotatable bonds is 4. The van der Waals surface area contributed by atoms with E-state index in [1.54, 1.807) is 0 Å². The number of para-hydroxylation sites is 2. The monoisotopic (exact) mass is 519 g/mol. The molecule has 0 atom stereocenters. The molecule has 1 aliphatic heterocycles. The van der Waals surface area contributed by atoms with Crippen molar-refractivity contribution < 1.29 is 5.32 Å². The second-order valence-electron chi connectivity index (χ2n) is 9.83. The first-order valence-corrected chi connectivity index (χ1v) is 14.3. The first-order chi connectivity index (χ1) is 19.4. The van der Waals surface area contributed by atoms with E-state index in [-0.39, 0.29) is 0 Å². The molecule has 7 rings (SSSR count). The summed E-state index contributed by atoms with van der Waals surface area (Å²) in [6.07, 6.45) is -1.22. The van der Waals surface area contributed by atoms with Gasteiger partial charge >= 0.3 is 0 Å². The first kappa shape index (κ1) is 25.0. The topological polar surface area (TPSA) is 16.6 Å². The Morgan fingerprint density at radius 3 is 0.949 bits per heavy atom. The summed E-state index contributed by atoms with van der Waals surface area (Å²) in [6.45, 7) is 0. The molecule has 1 heterocycles. The Labute approximate surface area is 235 Å². The van der Waals surface area contributed by atoms with Crippen LogP contribution in [-0.2, 0) is 0 Å².